The maximum atomic E-state index is 11.2. The van der Waals surface area contributed by atoms with Gasteiger partial charge in [-0.2, -0.15) is 0 Å². The summed E-state index contributed by atoms with van der Waals surface area (Å²) in [6.07, 6.45) is 0.364. The first-order valence-corrected chi connectivity index (χ1v) is 6.00. The number of hydrogen-bond acceptors (Lipinski definition) is 3. The predicted octanol–water partition coefficient (Wildman–Crippen LogP) is 2.27. The largest absolute Gasteiger partial charge is 0.480 e. The third-order valence-corrected chi connectivity index (χ3v) is 2.64. The van der Waals surface area contributed by atoms with Crippen LogP contribution >= 0.6 is 0 Å². The maximum Gasteiger partial charge on any atom is 0.324 e. The molecule has 19 heavy (non-hydrogen) atoms. The Hall–Kier alpha value is -2.33. The first kappa shape index (κ1) is 13.1. The van der Waals surface area contributed by atoms with Crippen LogP contribution in [0.15, 0.2) is 60.7 Å². The lowest BCUT2D eigenvalue weighted by Crippen LogP contribution is -2.40. The average molecular weight is 257 g/mol. The van der Waals surface area contributed by atoms with Gasteiger partial charge in [0.15, 0.2) is 0 Å². The van der Waals surface area contributed by atoms with Gasteiger partial charge in [-0.25, -0.2) is 0 Å². The smallest absolute Gasteiger partial charge is 0.324 e. The number of aliphatic carboxylic acids is 1. The lowest BCUT2D eigenvalue weighted by molar-refractivity contribution is -0.141. The van der Waals surface area contributed by atoms with Crippen LogP contribution < -0.4 is 10.3 Å². The Bertz CT molecular complexity index is 513. The highest BCUT2D eigenvalue weighted by molar-refractivity contribution is 5.73. The third-order valence-electron chi connectivity index (χ3n) is 2.64. The van der Waals surface area contributed by atoms with Crippen molar-refractivity contribution in [3.63, 3.8) is 0 Å². The van der Waals surface area contributed by atoms with Crippen LogP contribution in [0.5, 0.6) is 5.75 Å². The van der Waals surface area contributed by atoms with Gasteiger partial charge in [-0.1, -0.05) is 48.5 Å². The normalized spacial score (nSPS) is 11.8. The number of carboxylic acid groups (broad SMARTS) is 1. The van der Waals surface area contributed by atoms with E-state index in [-0.39, 0.29) is 0 Å². The van der Waals surface area contributed by atoms with Crippen LogP contribution in [-0.2, 0) is 11.2 Å². The van der Waals surface area contributed by atoms with E-state index in [9.17, 15) is 9.90 Å². The van der Waals surface area contributed by atoms with Gasteiger partial charge in [0.05, 0.1) is 0 Å². The van der Waals surface area contributed by atoms with Crippen molar-refractivity contribution in [1.29, 1.82) is 0 Å². The van der Waals surface area contributed by atoms with Crippen LogP contribution in [0.2, 0.25) is 0 Å². The van der Waals surface area contributed by atoms with Gasteiger partial charge in [0.25, 0.3) is 0 Å². The lowest BCUT2D eigenvalue weighted by Gasteiger charge is -2.15. The Morgan fingerprint density at radius 2 is 1.63 bits per heavy atom. The van der Waals surface area contributed by atoms with Gasteiger partial charge in [-0.3, -0.25) is 4.79 Å². The molecule has 0 aromatic heterocycles. The molecule has 0 bridgehead atoms. The Labute approximate surface area is 111 Å². The molecule has 0 saturated heterocycles. The third kappa shape index (κ3) is 4.12. The molecule has 2 aromatic carbocycles. The molecule has 0 spiro atoms. The number of hydroxylamine groups is 1. The minimum absolute atomic E-state index is 0.364. The molecule has 0 aliphatic rings. The van der Waals surface area contributed by atoms with E-state index >= 15 is 0 Å². The maximum absolute atomic E-state index is 11.2. The molecule has 2 rings (SSSR count). The van der Waals surface area contributed by atoms with E-state index in [0.29, 0.717) is 12.2 Å². The Kier molecular flexibility index (Phi) is 4.53. The molecule has 0 saturated carbocycles. The number of benzene rings is 2. The fourth-order valence-electron chi connectivity index (χ4n) is 1.66. The molecular weight excluding hydrogens is 242 g/mol. The molecule has 0 aliphatic heterocycles. The second-order valence-corrected chi connectivity index (χ2v) is 4.11. The molecule has 2 aromatic rings. The van der Waals surface area contributed by atoms with Gasteiger partial charge in [0, 0.05) is 6.42 Å². The van der Waals surface area contributed by atoms with E-state index in [0.717, 1.165) is 5.56 Å². The number of para-hydroxylation sites is 1. The van der Waals surface area contributed by atoms with Crippen LogP contribution in [0.4, 0.5) is 0 Å². The lowest BCUT2D eigenvalue weighted by atomic mass is 10.1. The Morgan fingerprint density at radius 1 is 1.05 bits per heavy atom. The van der Waals surface area contributed by atoms with Crippen molar-refractivity contribution >= 4 is 5.97 Å². The van der Waals surface area contributed by atoms with Crippen molar-refractivity contribution in [2.24, 2.45) is 0 Å². The molecule has 0 unspecified atom stereocenters. The zero-order valence-electron chi connectivity index (χ0n) is 10.3. The van der Waals surface area contributed by atoms with Crippen molar-refractivity contribution in [1.82, 2.24) is 5.48 Å². The zero-order valence-corrected chi connectivity index (χ0v) is 10.3. The van der Waals surface area contributed by atoms with Crippen molar-refractivity contribution in [3.05, 3.63) is 66.2 Å². The number of hydrogen-bond donors (Lipinski definition) is 2. The second-order valence-electron chi connectivity index (χ2n) is 4.11. The SMILES string of the molecule is O=C(O)[C@H](Cc1ccccc1)NOc1ccccc1. The fraction of sp³-hybridized carbons (Fsp3) is 0.133. The molecule has 0 heterocycles. The zero-order chi connectivity index (χ0) is 13.5. The molecule has 98 valence electrons. The molecule has 2 N–H and O–H groups in total. The van der Waals surface area contributed by atoms with Gasteiger partial charge < -0.3 is 9.94 Å². The number of carbonyl (C=O) groups is 1. The summed E-state index contributed by atoms with van der Waals surface area (Å²) in [6, 6.07) is 17.7. The average Bonchev–Trinajstić information content (AvgIpc) is 2.45. The minimum Gasteiger partial charge on any atom is -0.480 e. The Morgan fingerprint density at radius 3 is 2.21 bits per heavy atom. The monoisotopic (exact) mass is 257 g/mol. The summed E-state index contributed by atoms with van der Waals surface area (Å²) in [4.78, 5) is 16.5. The van der Waals surface area contributed by atoms with Crippen LogP contribution in [-0.4, -0.2) is 17.1 Å². The van der Waals surface area contributed by atoms with Crippen molar-refractivity contribution < 1.29 is 14.7 Å². The molecule has 0 radical (unpaired) electrons. The number of rotatable bonds is 6. The van der Waals surface area contributed by atoms with Gasteiger partial charge in [-0.05, 0) is 17.7 Å². The second kappa shape index (κ2) is 6.56. The molecule has 1 atom stereocenters. The van der Waals surface area contributed by atoms with E-state index in [1.165, 1.54) is 0 Å². The van der Waals surface area contributed by atoms with E-state index in [2.05, 4.69) is 5.48 Å². The molecule has 0 aliphatic carbocycles. The van der Waals surface area contributed by atoms with Gasteiger partial charge in [0.1, 0.15) is 11.8 Å². The quantitative estimate of drug-likeness (QED) is 0.779. The van der Waals surface area contributed by atoms with E-state index in [1.807, 2.05) is 48.5 Å². The molecule has 0 amide bonds. The Balaban J connectivity index is 1.95. The van der Waals surface area contributed by atoms with Gasteiger partial charge >= 0.3 is 5.97 Å². The summed E-state index contributed by atoms with van der Waals surface area (Å²) in [7, 11) is 0. The number of carboxylic acids is 1. The fourth-order valence-corrected chi connectivity index (χ4v) is 1.66. The van der Waals surface area contributed by atoms with E-state index < -0.39 is 12.0 Å². The number of nitrogens with one attached hydrogen (secondary N) is 1. The molecule has 4 nitrogen and oxygen atoms in total. The summed E-state index contributed by atoms with van der Waals surface area (Å²) in [5, 5.41) is 9.17. The summed E-state index contributed by atoms with van der Waals surface area (Å²) in [5.41, 5.74) is 3.53. The summed E-state index contributed by atoms with van der Waals surface area (Å²) in [5.74, 6) is -0.360. The van der Waals surface area contributed by atoms with Crippen molar-refractivity contribution in [3.8, 4) is 5.75 Å². The molecule has 4 heteroatoms. The van der Waals surface area contributed by atoms with Crippen molar-refractivity contribution in [2.75, 3.05) is 0 Å². The van der Waals surface area contributed by atoms with E-state index in [1.54, 1.807) is 12.1 Å². The summed E-state index contributed by atoms with van der Waals surface area (Å²) >= 11 is 0. The highest BCUT2D eigenvalue weighted by Crippen LogP contribution is 2.08. The predicted molar refractivity (Wildman–Crippen MR) is 71.8 cm³/mol. The standard InChI is InChI=1S/C15H15NO3/c17-15(18)14(11-12-7-3-1-4-8-12)16-19-13-9-5-2-6-10-13/h1-10,14,16H,11H2,(H,17,18)/t14-/m0/s1. The highest BCUT2D eigenvalue weighted by Gasteiger charge is 2.18. The van der Waals surface area contributed by atoms with Crippen LogP contribution in [0.25, 0.3) is 0 Å². The summed E-state index contributed by atoms with van der Waals surface area (Å²) < 4.78 is 0. The van der Waals surface area contributed by atoms with Crippen LogP contribution in [0, 0.1) is 0 Å². The van der Waals surface area contributed by atoms with Gasteiger partial charge in [-0.15, -0.1) is 5.48 Å². The van der Waals surface area contributed by atoms with Crippen LogP contribution in [0.1, 0.15) is 5.56 Å². The first-order chi connectivity index (χ1) is 9.25. The van der Waals surface area contributed by atoms with Crippen LogP contribution in [0.3, 0.4) is 0 Å². The highest BCUT2D eigenvalue weighted by atomic mass is 16.6. The molecular formula is C15H15NO3. The minimum atomic E-state index is -0.945. The van der Waals surface area contributed by atoms with E-state index in [4.69, 9.17) is 4.84 Å². The van der Waals surface area contributed by atoms with Gasteiger partial charge in [0.2, 0.25) is 0 Å². The first-order valence-electron chi connectivity index (χ1n) is 6.00. The topological polar surface area (TPSA) is 58.6 Å². The van der Waals surface area contributed by atoms with Crippen molar-refractivity contribution in [2.45, 2.75) is 12.5 Å². The molecule has 0 fully saturated rings. The summed E-state index contributed by atoms with van der Waals surface area (Å²) in [6.45, 7) is 0.